The van der Waals surface area contributed by atoms with Gasteiger partial charge in [0.25, 0.3) is 0 Å². The summed E-state index contributed by atoms with van der Waals surface area (Å²) in [5.41, 5.74) is -1.04. The van der Waals surface area contributed by atoms with Crippen LogP contribution in [0, 0.1) is 23.2 Å². The molecule has 18 heavy (non-hydrogen) atoms. The van der Waals surface area contributed by atoms with Gasteiger partial charge in [-0.25, -0.2) is 0 Å². The van der Waals surface area contributed by atoms with Crippen molar-refractivity contribution in [2.24, 2.45) is 23.2 Å². The molecule has 1 spiro atoms. The molecule has 0 radical (unpaired) electrons. The van der Waals surface area contributed by atoms with Gasteiger partial charge in [0.1, 0.15) is 6.10 Å². The lowest BCUT2D eigenvalue weighted by Gasteiger charge is -2.56. The van der Waals surface area contributed by atoms with Gasteiger partial charge >= 0.3 is 5.97 Å². The zero-order valence-electron chi connectivity index (χ0n) is 10.8. The SMILES string of the molecule is CCCC[C@@H]1[C@H]2CCC3(O)C=CC4OC(=O)[C@H]1C423. The summed E-state index contributed by atoms with van der Waals surface area (Å²) in [7, 11) is 0. The maximum Gasteiger partial charge on any atom is 0.310 e. The van der Waals surface area contributed by atoms with E-state index < -0.39 is 5.60 Å². The van der Waals surface area contributed by atoms with Crippen LogP contribution in [-0.4, -0.2) is 22.8 Å². The zero-order valence-corrected chi connectivity index (χ0v) is 10.8. The van der Waals surface area contributed by atoms with Crippen LogP contribution in [0.4, 0.5) is 0 Å². The van der Waals surface area contributed by atoms with E-state index in [0.717, 1.165) is 19.3 Å². The molecule has 0 aromatic carbocycles. The van der Waals surface area contributed by atoms with Crippen molar-refractivity contribution in [1.82, 2.24) is 0 Å². The van der Waals surface area contributed by atoms with E-state index in [1.54, 1.807) is 0 Å². The van der Waals surface area contributed by atoms with Crippen molar-refractivity contribution in [2.45, 2.75) is 50.7 Å². The second kappa shape index (κ2) is 3.19. The Morgan fingerprint density at radius 3 is 3.17 bits per heavy atom. The Balaban J connectivity index is 1.72. The van der Waals surface area contributed by atoms with Crippen LogP contribution in [0.15, 0.2) is 12.2 Å². The minimum atomic E-state index is -0.762. The van der Waals surface area contributed by atoms with Crippen LogP contribution >= 0.6 is 0 Å². The van der Waals surface area contributed by atoms with E-state index in [0.29, 0.717) is 11.8 Å². The van der Waals surface area contributed by atoms with Gasteiger partial charge in [0, 0.05) is 0 Å². The van der Waals surface area contributed by atoms with Crippen molar-refractivity contribution in [3.63, 3.8) is 0 Å². The Bertz CT molecular complexity index is 443. The van der Waals surface area contributed by atoms with Crippen molar-refractivity contribution in [3.8, 4) is 0 Å². The van der Waals surface area contributed by atoms with Gasteiger partial charge < -0.3 is 9.84 Å². The van der Waals surface area contributed by atoms with Crippen LogP contribution in [-0.2, 0) is 9.53 Å². The summed E-state index contributed by atoms with van der Waals surface area (Å²) < 4.78 is 5.53. The summed E-state index contributed by atoms with van der Waals surface area (Å²) in [4.78, 5) is 12.1. The molecular formula is C15H20O3. The fourth-order valence-corrected chi connectivity index (χ4v) is 5.47. The molecule has 3 unspecified atom stereocenters. The van der Waals surface area contributed by atoms with Crippen LogP contribution in [0.3, 0.4) is 0 Å². The van der Waals surface area contributed by atoms with E-state index in [-0.39, 0.29) is 23.4 Å². The first kappa shape index (κ1) is 11.0. The molecule has 0 aromatic rings. The van der Waals surface area contributed by atoms with Gasteiger partial charge in [0.2, 0.25) is 0 Å². The Morgan fingerprint density at radius 1 is 1.56 bits per heavy atom. The van der Waals surface area contributed by atoms with Gasteiger partial charge in [0.05, 0.1) is 16.9 Å². The monoisotopic (exact) mass is 248 g/mol. The van der Waals surface area contributed by atoms with E-state index >= 15 is 0 Å². The van der Waals surface area contributed by atoms with Crippen molar-refractivity contribution in [3.05, 3.63) is 12.2 Å². The van der Waals surface area contributed by atoms with Crippen LogP contribution in [0.5, 0.6) is 0 Å². The van der Waals surface area contributed by atoms with Crippen molar-refractivity contribution >= 4 is 5.97 Å². The van der Waals surface area contributed by atoms with E-state index in [2.05, 4.69) is 6.92 Å². The molecule has 3 aliphatic carbocycles. The minimum absolute atomic E-state index is 0.0402. The minimum Gasteiger partial charge on any atom is -0.457 e. The molecule has 98 valence electrons. The number of rotatable bonds is 3. The lowest BCUT2D eigenvalue weighted by atomic mass is 9.44. The van der Waals surface area contributed by atoms with Crippen molar-refractivity contribution in [1.29, 1.82) is 0 Å². The Hall–Kier alpha value is -0.830. The summed E-state index contributed by atoms with van der Waals surface area (Å²) in [6, 6.07) is 0. The summed E-state index contributed by atoms with van der Waals surface area (Å²) in [6.45, 7) is 2.19. The fraction of sp³-hybridized carbons (Fsp3) is 0.800. The van der Waals surface area contributed by atoms with Crippen LogP contribution < -0.4 is 0 Å². The Kier molecular flexibility index (Phi) is 1.95. The van der Waals surface area contributed by atoms with Gasteiger partial charge in [-0.2, -0.15) is 0 Å². The number of aliphatic hydroxyl groups is 1. The molecule has 4 rings (SSSR count). The molecule has 0 aromatic heterocycles. The van der Waals surface area contributed by atoms with Gasteiger partial charge in [-0.3, -0.25) is 4.79 Å². The number of hydrogen-bond acceptors (Lipinski definition) is 3. The molecule has 3 heteroatoms. The molecule has 6 atom stereocenters. The van der Waals surface area contributed by atoms with Crippen LogP contribution in [0.25, 0.3) is 0 Å². The molecule has 0 amide bonds. The number of carbonyl (C=O) groups excluding carboxylic acids is 1. The molecule has 0 bridgehead atoms. The lowest BCUT2D eigenvalue weighted by molar-refractivity contribution is -0.173. The smallest absolute Gasteiger partial charge is 0.310 e. The lowest BCUT2D eigenvalue weighted by Crippen LogP contribution is -2.63. The van der Waals surface area contributed by atoms with E-state index in [4.69, 9.17) is 4.74 Å². The normalized spacial score (nSPS) is 55.1. The predicted molar refractivity (Wildman–Crippen MR) is 65.6 cm³/mol. The summed E-state index contributed by atoms with van der Waals surface area (Å²) in [6.07, 6.45) is 9.02. The highest BCUT2D eigenvalue weighted by atomic mass is 16.6. The third-order valence-electron chi connectivity index (χ3n) is 6.07. The predicted octanol–water partition coefficient (Wildman–Crippen LogP) is 2.05. The highest BCUT2D eigenvalue weighted by molar-refractivity contribution is 5.81. The molecule has 1 aliphatic heterocycles. The fourth-order valence-electron chi connectivity index (χ4n) is 5.47. The first-order valence-electron chi connectivity index (χ1n) is 7.27. The average Bonchev–Trinajstić information content (AvgIpc) is 2.82. The van der Waals surface area contributed by atoms with Crippen molar-refractivity contribution < 1.29 is 14.6 Å². The average molecular weight is 248 g/mol. The summed E-state index contributed by atoms with van der Waals surface area (Å²) >= 11 is 0. The molecule has 1 heterocycles. The van der Waals surface area contributed by atoms with Gasteiger partial charge in [-0.1, -0.05) is 25.8 Å². The molecular weight excluding hydrogens is 228 g/mol. The van der Waals surface area contributed by atoms with Crippen LogP contribution in [0.2, 0.25) is 0 Å². The second-order valence-electron chi connectivity index (χ2n) is 6.50. The molecule has 2 saturated carbocycles. The third kappa shape index (κ3) is 0.900. The Morgan fingerprint density at radius 2 is 2.39 bits per heavy atom. The number of carbonyl (C=O) groups is 1. The maximum atomic E-state index is 12.1. The summed E-state index contributed by atoms with van der Waals surface area (Å²) in [5.74, 6) is 0.852. The number of esters is 1. The second-order valence-corrected chi connectivity index (χ2v) is 6.50. The van der Waals surface area contributed by atoms with Gasteiger partial charge in [0.15, 0.2) is 0 Å². The number of unbranched alkanes of at least 4 members (excludes halogenated alkanes) is 1. The number of ether oxygens (including phenoxy) is 1. The number of hydrogen-bond donors (Lipinski definition) is 1. The summed E-state index contributed by atoms with van der Waals surface area (Å²) in [5, 5.41) is 10.8. The maximum absolute atomic E-state index is 12.1. The standard InChI is InChI=1S/C15H20O3/c1-2-3-4-9-10-5-7-14(17)8-6-11-15(10,14)12(9)13(16)18-11/h6,8-12,17H,2-5,7H2,1H3/t9-,10-,11?,12+,14?,15?/m1/s1. The first-order chi connectivity index (χ1) is 8.65. The molecule has 1 saturated heterocycles. The molecule has 4 aliphatic rings. The van der Waals surface area contributed by atoms with Crippen molar-refractivity contribution in [2.75, 3.05) is 0 Å². The highest BCUT2D eigenvalue weighted by Gasteiger charge is 2.82. The van der Waals surface area contributed by atoms with E-state index in [9.17, 15) is 9.90 Å². The Labute approximate surface area is 107 Å². The van der Waals surface area contributed by atoms with Crippen LogP contribution in [0.1, 0.15) is 39.0 Å². The topological polar surface area (TPSA) is 46.5 Å². The quantitative estimate of drug-likeness (QED) is 0.614. The first-order valence-corrected chi connectivity index (χ1v) is 7.27. The molecule has 3 fully saturated rings. The van der Waals surface area contributed by atoms with E-state index in [1.807, 2.05) is 12.2 Å². The van der Waals surface area contributed by atoms with Gasteiger partial charge in [-0.05, 0) is 37.2 Å². The third-order valence-corrected chi connectivity index (χ3v) is 6.07. The van der Waals surface area contributed by atoms with Gasteiger partial charge in [-0.15, -0.1) is 0 Å². The largest absolute Gasteiger partial charge is 0.457 e. The van der Waals surface area contributed by atoms with E-state index in [1.165, 1.54) is 12.8 Å². The molecule has 3 nitrogen and oxygen atoms in total. The molecule has 1 N–H and O–H groups in total. The zero-order chi connectivity index (χ0) is 12.5. The highest BCUT2D eigenvalue weighted by Crippen LogP contribution is 2.76.